The maximum absolute atomic E-state index is 12.8. The summed E-state index contributed by atoms with van der Waals surface area (Å²) >= 11 is 0. The summed E-state index contributed by atoms with van der Waals surface area (Å²) in [5.74, 6) is 5.11. The van der Waals surface area contributed by atoms with Crippen molar-refractivity contribution in [3.63, 3.8) is 0 Å². The number of carbonyl (C=O) groups is 2. The molecule has 0 aliphatic rings. The lowest BCUT2D eigenvalue weighted by atomic mass is 10.2. The van der Waals surface area contributed by atoms with E-state index in [0.29, 0.717) is 43.4 Å². The van der Waals surface area contributed by atoms with Crippen molar-refractivity contribution in [2.45, 2.75) is 38.7 Å². The minimum atomic E-state index is -4.53. The van der Waals surface area contributed by atoms with E-state index in [0.717, 1.165) is 6.07 Å². The van der Waals surface area contributed by atoms with Crippen molar-refractivity contribution in [2.75, 3.05) is 13.4 Å². The van der Waals surface area contributed by atoms with Crippen LogP contribution in [0.1, 0.15) is 40.0 Å². The summed E-state index contributed by atoms with van der Waals surface area (Å²) in [6.45, 7) is -0.184. The van der Waals surface area contributed by atoms with Gasteiger partial charge in [-0.3, -0.25) is 19.3 Å². The second-order valence-corrected chi connectivity index (χ2v) is 8.74. The van der Waals surface area contributed by atoms with Crippen molar-refractivity contribution in [1.29, 1.82) is 0 Å². The van der Waals surface area contributed by atoms with Gasteiger partial charge in [0.15, 0.2) is 5.69 Å². The summed E-state index contributed by atoms with van der Waals surface area (Å²) in [5, 5.41) is 14.1. The van der Waals surface area contributed by atoms with Gasteiger partial charge in [-0.1, -0.05) is 17.3 Å². The van der Waals surface area contributed by atoms with Crippen molar-refractivity contribution in [2.24, 2.45) is 11.6 Å². The number of aryl methyl sites for hydroxylation is 1. The summed E-state index contributed by atoms with van der Waals surface area (Å²) in [5.41, 5.74) is 5.70. The van der Waals surface area contributed by atoms with Crippen LogP contribution in [0, 0.1) is 0 Å². The molecule has 0 spiro atoms. The number of nitrogens with one attached hydrogen (secondary N) is 2. The van der Waals surface area contributed by atoms with Crippen molar-refractivity contribution in [1.82, 2.24) is 35.6 Å². The number of amides is 2. The van der Waals surface area contributed by atoms with Crippen LogP contribution >= 0.6 is 0 Å². The van der Waals surface area contributed by atoms with E-state index in [2.05, 4.69) is 25.9 Å². The predicted octanol–water partition coefficient (Wildman–Crippen LogP) is 2.00. The summed E-state index contributed by atoms with van der Waals surface area (Å²) in [6, 6.07) is 7.51. The van der Waals surface area contributed by atoms with Gasteiger partial charge in [-0.2, -0.15) is 13.2 Å². The van der Waals surface area contributed by atoms with Crippen molar-refractivity contribution in [3.8, 4) is 5.75 Å². The molecule has 0 aliphatic heterocycles. The average Bonchev–Trinajstić information content (AvgIpc) is 3.42. The van der Waals surface area contributed by atoms with Gasteiger partial charge in [0.2, 0.25) is 6.86 Å². The predicted molar refractivity (Wildman–Crippen MR) is 138 cm³/mol. The second-order valence-electron chi connectivity index (χ2n) is 8.74. The van der Waals surface area contributed by atoms with Crippen LogP contribution in [0.4, 0.5) is 17.6 Å². The highest BCUT2D eigenvalue weighted by molar-refractivity contribution is 5.92. The minimum absolute atomic E-state index is 0.00812. The number of rotatable bonds is 14. The van der Waals surface area contributed by atoms with E-state index in [1.54, 1.807) is 24.3 Å². The molecule has 0 saturated carbocycles. The average molecular weight is 580 g/mol. The molecule has 1 aromatic carbocycles. The molecule has 0 aliphatic carbocycles. The summed E-state index contributed by atoms with van der Waals surface area (Å²) < 4.78 is 57.0. The molecule has 6 N–H and O–H groups in total. The lowest BCUT2D eigenvalue weighted by Crippen LogP contribution is -2.33. The highest BCUT2D eigenvalue weighted by atomic mass is 19.4. The highest BCUT2D eigenvalue weighted by Crippen LogP contribution is 2.28. The topological polar surface area (TPSA) is 166 Å². The van der Waals surface area contributed by atoms with Crippen LogP contribution in [-0.4, -0.2) is 50.2 Å². The number of halogens is 4. The third-order valence-corrected chi connectivity index (χ3v) is 5.54. The van der Waals surface area contributed by atoms with Crippen LogP contribution in [-0.2, 0) is 30.6 Å². The first-order valence-electron chi connectivity index (χ1n) is 12.3. The van der Waals surface area contributed by atoms with Crippen LogP contribution in [0.3, 0.4) is 0 Å². The van der Waals surface area contributed by atoms with Crippen LogP contribution in [0.5, 0.6) is 5.75 Å². The van der Waals surface area contributed by atoms with Crippen molar-refractivity contribution < 1.29 is 31.9 Å². The van der Waals surface area contributed by atoms with Gasteiger partial charge in [0.05, 0.1) is 11.8 Å². The van der Waals surface area contributed by atoms with Gasteiger partial charge in [-0.05, 0) is 42.2 Å². The monoisotopic (exact) mass is 579 g/mol. The smallest absolute Gasteiger partial charge is 0.417 e. The number of carbonyl (C=O) groups excluding carboxylic acids is 2. The Balaban J connectivity index is 1.37. The zero-order chi connectivity index (χ0) is 29.8. The number of hydrogen-bond donors (Lipinski definition) is 4. The molecule has 0 unspecified atom stereocenters. The van der Waals surface area contributed by atoms with Gasteiger partial charge >= 0.3 is 6.18 Å². The van der Waals surface area contributed by atoms with Crippen LogP contribution in [0.2, 0.25) is 0 Å². The first kappa shape index (κ1) is 30.8. The fourth-order valence-electron chi connectivity index (χ4n) is 3.49. The number of benzene rings is 1. The van der Waals surface area contributed by atoms with Gasteiger partial charge < -0.3 is 26.1 Å². The third-order valence-electron chi connectivity index (χ3n) is 5.54. The Morgan fingerprint density at radius 3 is 2.63 bits per heavy atom. The Labute approximate surface area is 232 Å². The van der Waals surface area contributed by atoms with Gasteiger partial charge in [0, 0.05) is 44.8 Å². The molecule has 0 atom stereocenters. The lowest BCUT2D eigenvalue weighted by molar-refractivity contribution is -0.137. The molecule has 16 heteroatoms. The molecule has 2 heterocycles. The number of nitrogens with two attached hydrogens (primary N) is 2. The third kappa shape index (κ3) is 10.1. The maximum Gasteiger partial charge on any atom is 0.417 e. The van der Waals surface area contributed by atoms with Crippen molar-refractivity contribution >= 4 is 11.8 Å². The molecule has 3 rings (SSSR count). The van der Waals surface area contributed by atoms with E-state index in [1.165, 1.54) is 28.3 Å². The van der Waals surface area contributed by atoms with Gasteiger partial charge in [-0.15, -0.1) is 5.10 Å². The number of alkyl halides is 4. The molecule has 3 aromatic rings. The van der Waals surface area contributed by atoms with Gasteiger partial charge in [0.1, 0.15) is 11.4 Å². The maximum atomic E-state index is 12.8. The molecule has 0 fully saturated rings. The number of ether oxygens (including phenoxy) is 1. The van der Waals surface area contributed by atoms with Gasteiger partial charge in [-0.25, -0.2) is 10.2 Å². The minimum Gasteiger partial charge on any atom is -0.463 e. The Morgan fingerprint density at radius 1 is 1.10 bits per heavy atom. The van der Waals surface area contributed by atoms with E-state index < -0.39 is 30.4 Å². The zero-order valence-electron chi connectivity index (χ0n) is 21.8. The Kier molecular flexibility index (Phi) is 11.0. The van der Waals surface area contributed by atoms with Crippen LogP contribution < -0.4 is 26.9 Å². The fourth-order valence-corrected chi connectivity index (χ4v) is 3.49. The van der Waals surface area contributed by atoms with E-state index in [1.807, 2.05) is 0 Å². The zero-order valence-corrected chi connectivity index (χ0v) is 21.8. The van der Waals surface area contributed by atoms with E-state index in [-0.39, 0.29) is 30.0 Å². The molecule has 2 aromatic heterocycles. The number of pyridine rings is 1. The number of hydrazine groups is 1. The van der Waals surface area contributed by atoms with E-state index in [9.17, 15) is 27.2 Å². The van der Waals surface area contributed by atoms with Crippen LogP contribution in [0.25, 0.3) is 0 Å². The van der Waals surface area contributed by atoms with Crippen molar-refractivity contribution in [3.05, 3.63) is 83.2 Å². The molecule has 0 radical (unpaired) electrons. The Hall–Kier alpha value is -4.73. The normalized spacial score (nSPS) is 11.7. The molecule has 41 heavy (non-hydrogen) atoms. The summed E-state index contributed by atoms with van der Waals surface area (Å²) in [4.78, 5) is 28.1. The number of nitrogens with zero attached hydrogens (tertiary/aromatic N) is 5. The molecular formula is C25H29F4N9O3. The largest absolute Gasteiger partial charge is 0.463 e. The van der Waals surface area contributed by atoms with Gasteiger partial charge in [0.25, 0.3) is 11.8 Å². The van der Waals surface area contributed by atoms with E-state index in [4.69, 9.17) is 16.3 Å². The molecule has 2 amide bonds. The summed E-state index contributed by atoms with van der Waals surface area (Å²) in [7, 11) is 0. The molecule has 12 nitrogen and oxygen atoms in total. The Bertz CT molecular complexity index is 1350. The second kappa shape index (κ2) is 14.6. The lowest BCUT2D eigenvalue weighted by Gasteiger charge is -2.15. The first-order valence-corrected chi connectivity index (χ1v) is 12.3. The molecule has 0 bridgehead atoms. The number of aromatic nitrogens is 4. The van der Waals surface area contributed by atoms with E-state index >= 15 is 0 Å². The highest BCUT2D eigenvalue weighted by Gasteiger charge is 2.31. The first-order chi connectivity index (χ1) is 19.5. The molecule has 0 saturated heterocycles. The molecular weight excluding hydrogens is 550 g/mol. The fraction of sp³-hybridized carbons (Fsp3) is 0.320. The van der Waals surface area contributed by atoms with Crippen LogP contribution in [0.15, 0.2) is 60.8 Å². The SMILES string of the molecule is N/C(=C\N(N)CCCCn1cc(C(=O)NCc2cncc(C(F)(F)F)c2)nn1)C(=O)NCc1cccc(OCF)c1. The summed E-state index contributed by atoms with van der Waals surface area (Å²) in [6.07, 6.45) is 1.32. The molecule has 220 valence electrons. The Morgan fingerprint density at radius 2 is 1.88 bits per heavy atom. The number of hydrogen-bond acceptors (Lipinski definition) is 9. The quantitative estimate of drug-likeness (QED) is 0.0735. The number of unbranched alkanes of at least 4 members (excludes halogenated alkanes) is 1. The standard InChI is InChI=1S/C25H29F4N9O3/c26-16-41-20-5-3-4-17(9-20)11-33-23(39)21(30)14-37(31)6-1-2-7-38-15-22(35-36-38)24(40)34-12-18-8-19(13-32-10-18)25(27,28)29/h3-5,8-10,13-15H,1-2,6-7,11-12,16,30-31H2,(H,33,39)(H,34,40)/b21-14-.